The van der Waals surface area contributed by atoms with Crippen LogP contribution in [0, 0.1) is 0 Å². The molecule has 3 rings (SSSR count). The second kappa shape index (κ2) is 12.8. The molecule has 0 aliphatic heterocycles. The lowest BCUT2D eigenvalue weighted by atomic mass is 10.2. The van der Waals surface area contributed by atoms with Crippen LogP contribution in [-0.4, -0.2) is 26.5 Å². The first-order chi connectivity index (χ1) is 13.4. The Labute approximate surface area is 164 Å². The minimum absolute atomic E-state index is 0.0131. The average Bonchev–Trinajstić information content (AvgIpc) is 2.71. The Morgan fingerprint density at radius 3 is 1.54 bits per heavy atom. The third kappa shape index (κ3) is 9.86. The van der Waals surface area contributed by atoms with Gasteiger partial charge in [-0.15, -0.1) is 0 Å². The van der Waals surface area contributed by atoms with Gasteiger partial charge < -0.3 is 5.11 Å². The zero-order valence-electron chi connectivity index (χ0n) is 16.1. The highest BCUT2D eigenvalue weighted by Gasteiger charge is 2.01. The molecule has 0 spiro atoms. The van der Waals surface area contributed by atoms with Crippen molar-refractivity contribution in [3.63, 3.8) is 0 Å². The minimum Gasteiger partial charge on any atom is -0.481 e. The first kappa shape index (κ1) is 22.6. The average molecular weight is 385 g/mol. The van der Waals surface area contributed by atoms with Crippen LogP contribution < -0.4 is 9.46 Å². The number of aromatic nitrogens is 3. The molecule has 148 valence electrons. The van der Waals surface area contributed by atoms with Crippen LogP contribution in [0.4, 0.5) is 0 Å². The van der Waals surface area contributed by atoms with Crippen LogP contribution in [0.25, 0.3) is 0 Å². The van der Waals surface area contributed by atoms with Crippen molar-refractivity contribution < 1.29 is 29.8 Å². The molecule has 0 aliphatic carbocycles. The van der Waals surface area contributed by atoms with Crippen molar-refractivity contribution in [1.82, 2.24) is 4.98 Å². The molecule has 3 heterocycles. The van der Waals surface area contributed by atoms with Crippen LogP contribution in [0.15, 0.2) is 73.6 Å². The van der Waals surface area contributed by atoms with Crippen LogP contribution in [0.3, 0.4) is 0 Å². The molecule has 0 bridgehead atoms. The summed E-state index contributed by atoms with van der Waals surface area (Å²) in [5.41, 5.74) is 3.25. The van der Waals surface area contributed by atoms with Gasteiger partial charge in [-0.25, -0.2) is 0 Å². The number of aliphatic carboxylic acids is 1. The summed E-state index contributed by atoms with van der Waals surface area (Å²) in [7, 11) is 0. The first-order valence-corrected chi connectivity index (χ1v) is 8.94. The van der Waals surface area contributed by atoms with Gasteiger partial charge in [0.15, 0.2) is 0 Å². The van der Waals surface area contributed by atoms with E-state index in [1.165, 1.54) is 23.5 Å². The largest absolute Gasteiger partial charge is 0.481 e. The van der Waals surface area contributed by atoms with Gasteiger partial charge in [0.05, 0.1) is 6.42 Å². The van der Waals surface area contributed by atoms with E-state index in [9.17, 15) is 4.79 Å². The number of rotatable bonds is 4. The van der Waals surface area contributed by atoms with E-state index in [-0.39, 0.29) is 6.42 Å². The van der Waals surface area contributed by atoms with E-state index in [2.05, 4.69) is 18.8 Å². The normalized spacial score (nSPS) is 9.36. The van der Waals surface area contributed by atoms with Crippen molar-refractivity contribution in [3.8, 4) is 0 Å². The molecule has 7 nitrogen and oxygen atoms in total. The zero-order chi connectivity index (χ0) is 20.8. The molecule has 0 fully saturated rings. The summed E-state index contributed by atoms with van der Waals surface area (Å²) in [6.07, 6.45) is 11.8. The monoisotopic (exact) mass is 385 g/mol. The van der Waals surface area contributed by atoms with E-state index in [1.54, 1.807) is 24.5 Å². The molecule has 28 heavy (non-hydrogen) atoms. The fourth-order valence-corrected chi connectivity index (χ4v) is 2.05. The number of pyridine rings is 3. The van der Waals surface area contributed by atoms with Gasteiger partial charge in [-0.05, 0) is 41.7 Å². The summed E-state index contributed by atoms with van der Waals surface area (Å²) in [5.74, 6) is -0.874. The first-order valence-electron chi connectivity index (χ1n) is 8.94. The molecular formula is C21H27N3O4+2. The predicted octanol–water partition coefficient (Wildman–Crippen LogP) is 2.26. The SMILES string of the molecule is CCc1cc[n+](O)cc1.CCc1ccncc1.O=C(O)Cc1cc[n+](O)cc1. The fraction of sp³-hybridized carbons (Fsp3) is 0.238. The maximum Gasteiger partial charge on any atom is 0.307 e. The Morgan fingerprint density at radius 1 is 0.786 bits per heavy atom. The topological polar surface area (TPSA) is 98.4 Å². The standard InChI is InChI=1S/C7H7NO3.C7H10NO.C7H9N/c9-7(10)5-6-1-3-8(11)4-2-6;1-2-7-3-5-8(9)6-4-7;1-2-7-3-5-8-6-4-7/h1-4H,5H2,(H-,9,10,11);3-6,9H,2H2,1H3;3-6H,2H2,1H3/q;+1;/p+1. The Bertz CT molecular complexity index is 807. The molecule has 0 aliphatic rings. The van der Waals surface area contributed by atoms with Gasteiger partial charge in [0, 0.05) is 46.1 Å². The lowest BCUT2D eigenvalue weighted by Gasteiger charge is -1.91. The molecule has 3 aromatic rings. The summed E-state index contributed by atoms with van der Waals surface area (Å²) in [5, 5.41) is 25.9. The Balaban J connectivity index is 0.000000213. The molecule has 0 radical (unpaired) electrons. The number of hydrogen-bond acceptors (Lipinski definition) is 4. The number of aryl methyl sites for hydroxylation is 2. The molecule has 0 saturated heterocycles. The van der Waals surface area contributed by atoms with Crippen LogP contribution in [0.1, 0.15) is 30.5 Å². The summed E-state index contributed by atoms with van der Waals surface area (Å²) >= 11 is 0. The van der Waals surface area contributed by atoms with E-state index in [0.717, 1.165) is 22.3 Å². The molecule has 3 aromatic heterocycles. The van der Waals surface area contributed by atoms with E-state index < -0.39 is 5.97 Å². The van der Waals surface area contributed by atoms with Crippen LogP contribution in [-0.2, 0) is 24.1 Å². The highest BCUT2D eigenvalue weighted by atomic mass is 16.5. The Kier molecular flexibility index (Phi) is 10.3. The second-order valence-corrected chi connectivity index (χ2v) is 5.81. The molecular weight excluding hydrogens is 358 g/mol. The van der Waals surface area contributed by atoms with E-state index >= 15 is 0 Å². The minimum atomic E-state index is -0.874. The summed E-state index contributed by atoms with van der Waals surface area (Å²) < 4.78 is 1.91. The maximum absolute atomic E-state index is 10.2. The van der Waals surface area contributed by atoms with Crippen molar-refractivity contribution >= 4 is 5.97 Å². The molecule has 3 N–H and O–H groups in total. The highest BCUT2D eigenvalue weighted by Crippen LogP contribution is 1.96. The molecule has 0 aromatic carbocycles. The lowest BCUT2D eigenvalue weighted by molar-refractivity contribution is -0.904. The van der Waals surface area contributed by atoms with Crippen LogP contribution >= 0.6 is 0 Å². The predicted molar refractivity (Wildman–Crippen MR) is 102 cm³/mol. The van der Waals surface area contributed by atoms with Crippen LogP contribution in [0.2, 0.25) is 0 Å². The van der Waals surface area contributed by atoms with Gasteiger partial charge in [0.1, 0.15) is 0 Å². The lowest BCUT2D eigenvalue weighted by Crippen LogP contribution is -2.28. The Hall–Kier alpha value is -3.48. The highest BCUT2D eigenvalue weighted by molar-refractivity contribution is 5.69. The van der Waals surface area contributed by atoms with E-state index in [1.807, 2.05) is 36.7 Å². The van der Waals surface area contributed by atoms with Crippen molar-refractivity contribution in [1.29, 1.82) is 0 Å². The smallest absolute Gasteiger partial charge is 0.307 e. The van der Waals surface area contributed by atoms with Crippen molar-refractivity contribution in [2.75, 3.05) is 0 Å². The van der Waals surface area contributed by atoms with Gasteiger partial charge in [-0.1, -0.05) is 13.8 Å². The van der Waals surface area contributed by atoms with E-state index in [0.29, 0.717) is 5.56 Å². The van der Waals surface area contributed by atoms with E-state index in [4.69, 9.17) is 15.5 Å². The number of hydrogen-bond donors (Lipinski definition) is 3. The van der Waals surface area contributed by atoms with Gasteiger partial charge >= 0.3 is 5.97 Å². The van der Waals surface area contributed by atoms with Crippen molar-refractivity contribution in [3.05, 3.63) is 90.3 Å². The summed E-state index contributed by atoms with van der Waals surface area (Å²) in [4.78, 5) is 14.1. The number of carboxylic acid groups (broad SMARTS) is 1. The number of nitrogens with zero attached hydrogens (tertiary/aromatic N) is 3. The summed E-state index contributed by atoms with van der Waals surface area (Å²) in [6, 6.07) is 10.9. The molecule has 0 unspecified atom stereocenters. The molecule has 7 heteroatoms. The quantitative estimate of drug-likeness (QED) is 0.473. The fourth-order valence-electron chi connectivity index (χ4n) is 2.05. The third-order valence-electron chi connectivity index (χ3n) is 3.69. The third-order valence-corrected chi connectivity index (χ3v) is 3.69. The number of carbonyl (C=O) groups is 1. The van der Waals surface area contributed by atoms with Crippen LogP contribution in [0.5, 0.6) is 0 Å². The zero-order valence-corrected chi connectivity index (χ0v) is 16.1. The van der Waals surface area contributed by atoms with Crippen molar-refractivity contribution in [2.24, 2.45) is 0 Å². The van der Waals surface area contributed by atoms with Crippen molar-refractivity contribution in [2.45, 2.75) is 33.1 Å². The Morgan fingerprint density at radius 2 is 1.18 bits per heavy atom. The summed E-state index contributed by atoms with van der Waals surface area (Å²) in [6.45, 7) is 4.21. The maximum atomic E-state index is 10.2. The van der Waals surface area contributed by atoms with Gasteiger partial charge in [0.2, 0.25) is 24.8 Å². The van der Waals surface area contributed by atoms with Gasteiger partial charge in [-0.2, -0.15) is 0 Å². The van der Waals surface area contributed by atoms with Gasteiger partial charge in [-0.3, -0.25) is 20.2 Å². The van der Waals surface area contributed by atoms with Gasteiger partial charge in [0.25, 0.3) is 0 Å². The second-order valence-electron chi connectivity index (χ2n) is 5.81. The molecule has 0 saturated carbocycles. The molecule has 0 atom stereocenters. The molecule has 0 amide bonds. The number of carboxylic acids is 1.